The van der Waals surface area contributed by atoms with Crippen molar-refractivity contribution in [1.29, 1.82) is 0 Å². The van der Waals surface area contributed by atoms with Crippen LogP contribution in [0.25, 0.3) is 0 Å². The molecule has 0 spiro atoms. The number of benzene rings is 1. The summed E-state index contributed by atoms with van der Waals surface area (Å²) < 4.78 is 13.6. The van der Waals surface area contributed by atoms with Crippen molar-refractivity contribution in [1.82, 2.24) is 19.6 Å². The first kappa shape index (κ1) is 17.0. The van der Waals surface area contributed by atoms with Crippen molar-refractivity contribution in [2.75, 3.05) is 12.4 Å². The molecule has 3 aromatic rings. The Bertz CT molecular complexity index is 861. The van der Waals surface area contributed by atoms with Gasteiger partial charge in [-0.2, -0.15) is 10.2 Å². The van der Waals surface area contributed by atoms with Crippen LogP contribution in [0.3, 0.4) is 0 Å². The number of hydrogen-bond acceptors (Lipinski definition) is 5. The van der Waals surface area contributed by atoms with Crippen molar-refractivity contribution in [2.45, 2.75) is 13.5 Å². The van der Waals surface area contributed by atoms with E-state index in [4.69, 9.17) is 21.1 Å². The zero-order valence-electron chi connectivity index (χ0n) is 13.4. The predicted octanol–water partition coefficient (Wildman–Crippen LogP) is 2.63. The lowest BCUT2D eigenvalue weighted by molar-refractivity contribution is 0.102. The highest BCUT2D eigenvalue weighted by Gasteiger charge is 2.11. The molecule has 1 aromatic carbocycles. The first-order valence-corrected chi connectivity index (χ1v) is 7.77. The zero-order valence-corrected chi connectivity index (χ0v) is 14.2. The SMILES string of the molecule is COCn1cc(NC(=O)c2ccn(COc3ccccc3Cl)n2)cn1. The van der Waals surface area contributed by atoms with Crippen LogP contribution >= 0.6 is 11.6 Å². The number of anilines is 1. The molecule has 0 bridgehead atoms. The van der Waals surface area contributed by atoms with E-state index in [9.17, 15) is 4.79 Å². The van der Waals surface area contributed by atoms with Gasteiger partial charge in [0.2, 0.25) is 0 Å². The molecular formula is C16H16ClN5O3. The molecule has 1 N–H and O–H groups in total. The summed E-state index contributed by atoms with van der Waals surface area (Å²) in [7, 11) is 1.57. The highest BCUT2D eigenvalue weighted by molar-refractivity contribution is 6.32. The van der Waals surface area contributed by atoms with Gasteiger partial charge in [0.15, 0.2) is 12.4 Å². The molecule has 0 aliphatic carbocycles. The molecule has 0 aliphatic rings. The summed E-state index contributed by atoms with van der Waals surface area (Å²) in [4.78, 5) is 12.2. The Morgan fingerprint density at radius 3 is 2.88 bits per heavy atom. The number of ether oxygens (including phenoxy) is 2. The summed E-state index contributed by atoms with van der Waals surface area (Å²) in [6.45, 7) is 0.451. The smallest absolute Gasteiger partial charge is 0.276 e. The van der Waals surface area contributed by atoms with Crippen molar-refractivity contribution in [2.24, 2.45) is 0 Å². The van der Waals surface area contributed by atoms with E-state index in [1.165, 1.54) is 10.9 Å². The third-order valence-electron chi connectivity index (χ3n) is 3.21. The molecule has 0 saturated carbocycles. The van der Waals surface area contributed by atoms with Crippen LogP contribution in [0.15, 0.2) is 48.9 Å². The quantitative estimate of drug-likeness (QED) is 0.699. The van der Waals surface area contributed by atoms with Gasteiger partial charge in [-0.25, -0.2) is 9.36 Å². The molecule has 25 heavy (non-hydrogen) atoms. The van der Waals surface area contributed by atoms with Crippen LogP contribution in [-0.4, -0.2) is 32.6 Å². The number of carbonyl (C=O) groups excluding carboxylic acids is 1. The molecule has 0 unspecified atom stereocenters. The maximum atomic E-state index is 12.2. The maximum absolute atomic E-state index is 12.2. The van der Waals surface area contributed by atoms with Gasteiger partial charge in [-0.3, -0.25) is 4.79 Å². The molecule has 2 heterocycles. The third-order valence-corrected chi connectivity index (χ3v) is 3.53. The Hall–Kier alpha value is -2.84. The van der Waals surface area contributed by atoms with Crippen LogP contribution in [0.2, 0.25) is 5.02 Å². The van der Waals surface area contributed by atoms with Crippen molar-refractivity contribution in [3.63, 3.8) is 0 Å². The molecule has 0 atom stereocenters. The average Bonchev–Trinajstić information content (AvgIpc) is 3.24. The minimum atomic E-state index is -0.339. The number of halogens is 1. The Labute approximate surface area is 148 Å². The van der Waals surface area contributed by atoms with Crippen molar-refractivity contribution in [3.05, 3.63) is 59.6 Å². The fraction of sp³-hybridized carbons (Fsp3) is 0.188. The summed E-state index contributed by atoms with van der Waals surface area (Å²) in [5, 5.41) is 11.5. The minimum absolute atomic E-state index is 0.142. The van der Waals surface area contributed by atoms with E-state index in [1.54, 1.807) is 42.4 Å². The Kier molecular flexibility index (Phi) is 5.32. The second-order valence-electron chi connectivity index (χ2n) is 5.08. The summed E-state index contributed by atoms with van der Waals surface area (Å²) in [5.41, 5.74) is 0.825. The van der Waals surface area contributed by atoms with E-state index in [0.29, 0.717) is 23.2 Å². The number of para-hydroxylation sites is 1. The fourth-order valence-electron chi connectivity index (χ4n) is 2.08. The van der Waals surface area contributed by atoms with Gasteiger partial charge in [0.25, 0.3) is 5.91 Å². The molecule has 2 aromatic heterocycles. The highest BCUT2D eigenvalue weighted by atomic mass is 35.5. The van der Waals surface area contributed by atoms with E-state index >= 15 is 0 Å². The minimum Gasteiger partial charge on any atom is -0.470 e. The van der Waals surface area contributed by atoms with Crippen LogP contribution in [-0.2, 0) is 18.2 Å². The van der Waals surface area contributed by atoms with Crippen LogP contribution in [0.5, 0.6) is 5.75 Å². The molecule has 130 valence electrons. The second-order valence-corrected chi connectivity index (χ2v) is 5.49. The number of hydrogen-bond donors (Lipinski definition) is 1. The number of nitrogens with one attached hydrogen (secondary N) is 1. The molecule has 9 heteroatoms. The van der Waals surface area contributed by atoms with E-state index in [0.717, 1.165) is 0 Å². The Balaban J connectivity index is 1.58. The highest BCUT2D eigenvalue weighted by Crippen LogP contribution is 2.23. The molecule has 0 saturated heterocycles. The van der Waals surface area contributed by atoms with Crippen molar-refractivity contribution >= 4 is 23.2 Å². The molecule has 1 amide bonds. The number of carbonyl (C=O) groups is 1. The second kappa shape index (κ2) is 7.82. The van der Waals surface area contributed by atoms with Gasteiger partial charge in [-0.05, 0) is 18.2 Å². The molecule has 0 radical (unpaired) electrons. The number of aromatic nitrogens is 4. The summed E-state index contributed by atoms with van der Waals surface area (Å²) in [6, 6.07) is 8.75. The van der Waals surface area contributed by atoms with Crippen LogP contribution in [0.1, 0.15) is 10.5 Å². The largest absolute Gasteiger partial charge is 0.470 e. The monoisotopic (exact) mass is 361 g/mol. The topological polar surface area (TPSA) is 83.2 Å². The van der Waals surface area contributed by atoms with E-state index < -0.39 is 0 Å². The van der Waals surface area contributed by atoms with Crippen molar-refractivity contribution < 1.29 is 14.3 Å². The van der Waals surface area contributed by atoms with Gasteiger partial charge in [0.1, 0.15) is 12.5 Å². The lowest BCUT2D eigenvalue weighted by atomic mass is 10.3. The van der Waals surface area contributed by atoms with Gasteiger partial charge in [-0.1, -0.05) is 23.7 Å². The van der Waals surface area contributed by atoms with E-state index in [1.807, 2.05) is 12.1 Å². The number of rotatable bonds is 7. The van der Waals surface area contributed by atoms with Gasteiger partial charge < -0.3 is 14.8 Å². The summed E-state index contributed by atoms with van der Waals surface area (Å²) in [5.74, 6) is 0.213. The molecule has 0 fully saturated rings. The normalized spacial score (nSPS) is 10.6. The lowest BCUT2D eigenvalue weighted by Crippen LogP contribution is -2.14. The van der Waals surface area contributed by atoms with E-state index in [-0.39, 0.29) is 18.3 Å². The van der Waals surface area contributed by atoms with Crippen LogP contribution < -0.4 is 10.1 Å². The zero-order chi connectivity index (χ0) is 17.6. The Morgan fingerprint density at radius 1 is 1.24 bits per heavy atom. The fourth-order valence-corrected chi connectivity index (χ4v) is 2.27. The van der Waals surface area contributed by atoms with Gasteiger partial charge in [0, 0.05) is 13.3 Å². The number of amides is 1. The average molecular weight is 362 g/mol. The first-order chi connectivity index (χ1) is 12.2. The molecule has 0 aliphatic heterocycles. The molecular weight excluding hydrogens is 346 g/mol. The third kappa shape index (κ3) is 4.37. The standard InChI is InChI=1S/C16H16ClN5O3/c1-24-10-22-9-12(8-18-22)19-16(23)14-6-7-21(20-14)11-25-15-5-3-2-4-13(15)17/h2-9H,10-11H2,1H3,(H,19,23). The summed E-state index contributed by atoms with van der Waals surface area (Å²) >= 11 is 6.03. The maximum Gasteiger partial charge on any atom is 0.276 e. The Morgan fingerprint density at radius 2 is 2.08 bits per heavy atom. The van der Waals surface area contributed by atoms with Crippen molar-refractivity contribution in [3.8, 4) is 5.75 Å². The molecule has 3 rings (SSSR count). The lowest BCUT2D eigenvalue weighted by Gasteiger charge is -2.07. The number of nitrogens with zero attached hydrogens (tertiary/aromatic N) is 4. The van der Waals surface area contributed by atoms with Crippen LogP contribution in [0, 0.1) is 0 Å². The first-order valence-electron chi connectivity index (χ1n) is 7.39. The van der Waals surface area contributed by atoms with Crippen LogP contribution in [0.4, 0.5) is 5.69 Å². The number of methoxy groups -OCH3 is 1. The van der Waals surface area contributed by atoms with Gasteiger partial charge in [0.05, 0.1) is 23.1 Å². The summed E-state index contributed by atoms with van der Waals surface area (Å²) in [6.07, 6.45) is 4.85. The van der Waals surface area contributed by atoms with Gasteiger partial charge in [-0.15, -0.1) is 0 Å². The predicted molar refractivity (Wildman–Crippen MR) is 91.5 cm³/mol. The molecule has 8 nitrogen and oxygen atoms in total. The van der Waals surface area contributed by atoms with E-state index in [2.05, 4.69) is 15.5 Å². The van der Waals surface area contributed by atoms with Gasteiger partial charge >= 0.3 is 0 Å².